The Morgan fingerprint density at radius 2 is 2.12 bits per heavy atom. The summed E-state index contributed by atoms with van der Waals surface area (Å²) in [5.74, 6) is 1.68. The van der Waals surface area contributed by atoms with Gasteiger partial charge in [0.05, 0.1) is 0 Å². The molecule has 0 bridgehead atoms. The van der Waals surface area contributed by atoms with E-state index in [4.69, 9.17) is 0 Å². The second-order valence-electron chi connectivity index (χ2n) is 5.46. The molecule has 1 aliphatic rings. The van der Waals surface area contributed by atoms with Crippen LogP contribution < -0.4 is 4.90 Å². The van der Waals surface area contributed by atoms with Crippen molar-refractivity contribution in [1.82, 2.24) is 9.88 Å². The van der Waals surface area contributed by atoms with Crippen molar-refractivity contribution in [3.63, 3.8) is 0 Å². The average Bonchev–Trinajstić information content (AvgIpc) is 2.78. The van der Waals surface area contributed by atoms with E-state index in [1.807, 2.05) is 6.20 Å². The van der Waals surface area contributed by atoms with Gasteiger partial charge in [-0.3, -0.25) is 0 Å². The van der Waals surface area contributed by atoms with Crippen LogP contribution in [0.15, 0.2) is 18.3 Å². The molecule has 1 atom stereocenters. The summed E-state index contributed by atoms with van der Waals surface area (Å²) in [6.45, 7) is 6.63. The van der Waals surface area contributed by atoms with Gasteiger partial charge in [0, 0.05) is 25.3 Å². The SMILES string of the molecule is CC(C)c1ccc(N2CC[C@H](N(C)C)C2)nc1. The maximum atomic E-state index is 4.58. The first-order valence-electron chi connectivity index (χ1n) is 6.45. The summed E-state index contributed by atoms with van der Waals surface area (Å²) >= 11 is 0. The van der Waals surface area contributed by atoms with Crippen LogP contribution in [-0.2, 0) is 0 Å². The lowest BCUT2D eigenvalue weighted by molar-refractivity contribution is 0.315. The van der Waals surface area contributed by atoms with Crippen molar-refractivity contribution in [3.8, 4) is 0 Å². The first-order chi connectivity index (χ1) is 8.08. The molecular formula is C14H23N3. The number of pyridine rings is 1. The summed E-state index contributed by atoms with van der Waals surface area (Å²) in [7, 11) is 4.31. The van der Waals surface area contributed by atoms with Crippen molar-refractivity contribution >= 4 is 5.82 Å². The highest BCUT2D eigenvalue weighted by Crippen LogP contribution is 2.22. The van der Waals surface area contributed by atoms with Gasteiger partial charge in [-0.1, -0.05) is 19.9 Å². The van der Waals surface area contributed by atoms with E-state index in [-0.39, 0.29) is 0 Å². The molecule has 1 aliphatic heterocycles. The van der Waals surface area contributed by atoms with Gasteiger partial charge in [0.1, 0.15) is 5.82 Å². The molecule has 0 spiro atoms. The fraction of sp³-hybridized carbons (Fsp3) is 0.643. The number of hydrogen-bond donors (Lipinski definition) is 0. The molecule has 1 aromatic rings. The molecule has 2 heterocycles. The van der Waals surface area contributed by atoms with E-state index in [1.165, 1.54) is 12.0 Å². The minimum Gasteiger partial charge on any atom is -0.355 e. The lowest BCUT2D eigenvalue weighted by atomic mass is 10.1. The number of rotatable bonds is 3. The highest BCUT2D eigenvalue weighted by atomic mass is 15.3. The zero-order valence-electron chi connectivity index (χ0n) is 11.3. The number of likely N-dealkylation sites (N-methyl/N-ethyl adjacent to an activating group) is 1. The Bertz CT molecular complexity index is 356. The lowest BCUT2D eigenvalue weighted by Gasteiger charge is -2.21. The molecule has 0 saturated carbocycles. The van der Waals surface area contributed by atoms with Crippen LogP contribution in [0.1, 0.15) is 31.7 Å². The predicted octanol–water partition coefficient (Wildman–Crippen LogP) is 2.35. The second kappa shape index (κ2) is 5.05. The first kappa shape index (κ1) is 12.4. The number of hydrogen-bond acceptors (Lipinski definition) is 3. The van der Waals surface area contributed by atoms with E-state index < -0.39 is 0 Å². The third kappa shape index (κ3) is 2.78. The minimum atomic E-state index is 0.560. The van der Waals surface area contributed by atoms with Crippen molar-refractivity contribution in [2.75, 3.05) is 32.1 Å². The molecule has 94 valence electrons. The molecular weight excluding hydrogens is 210 g/mol. The zero-order valence-corrected chi connectivity index (χ0v) is 11.3. The van der Waals surface area contributed by atoms with Gasteiger partial charge in [0.2, 0.25) is 0 Å². The second-order valence-corrected chi connectivity index (χ2v) is 5.46. The molecule has 3 nitrogen and oxygen atoms in total. The highest BCUT2D eigenvalue weighted by molar-refractivity contribution is 5.41. The Morgan fingerprint density at radius 1 is 1.35 bits per heavy atom. The molecule has 0 aromatic carbocycles. The van der Waals surface area contributed by atoms with Crippen LogP contribution in [0.3, 0.4) is 0 Å². The molecule has 0 unspecified atom stereocenters. The summed E-state index contributed by atoms with van der Waals surface area (Å²) < 4.78 is 0. The monoisotopic (exact) mass is 233 g/mol. The Kier molecular flexibility index (Phi) is 3.67. The van der Waals surface area contributed by atoms with Crippen molar-refractivity contribution in [3.05, 3.63) is 23.9 Å². The fourth-order valence-electron chi connectivity index (χ4n) is 2.30. The highest BCUT2D eigenvalue weighted by Gasteiger charge is 2.24. The molecule has 0 N–H and O–H groups in total. The maximum absolute atomic E-state index is 4.58. The number of nitrogens with zero attached hydrogens (tertiary/aromatic N) is 3. The van der Waals surface area contributed by atoms with E-state index in [0.29, 0.717) is 12.0 Å². The van der Waals surface area contributed by atoms with Crippen LogP contribution in [-0.4, -0.2) is 43.1 Å². The lowest BCUT2D eigenvalue weighted by Crippen LogP contribution is -2.31. The van der Waals surface area contributed by atoms with Crippen molar-refractivity contribution in [2.24, 2.45) is 0 Å². The van der Waals surface area contributed by atoms with Crippen LogP contribution >= 0.6 is 0 Å². The van der Waals surface area contributed by atoms with E-state index >= 15 is 0 Å². The number of anilines is 1. The van der Waals surface area contributed by atoms with E-state index in [2.05, 4.69) is 54.9 Å². The topological polar surface area (TPSA) is 19.4 Å². The molecule has 3 heteroatoms. The molecule has 1 aromatic heterocycles. The normalized spacial score (nSPS) is 20.6. The van der Waals surface area contributed by atoms with Gasteiger partial charge in [-0.25, -0.2) is 4.98 Å². The Hall–Kier alpha value is -1.09. The van der Waals surface area contributed by atoms with Gasteiger partial charge in [0.15, 0.2) is 0 Å². The summed E-state index contributed by atoms with van der Waals surface area (Å²) in [6, 6.07) is 5.03. The fourth-order valence-corrected chi connectivity index (χ4v) is 2.30. The molecule has 2 rings (SSSR count). The standard InChI is InChI=1S/C14H23N3/c1-11(2)12-5-6-14(15-9-12)17-8-7-13(10-17)16(3)4/h5-6,9,11,13H,7-8,10H2,1-4H3/t13-/m0/s1. The van der Waals surface area contributed by atoms with Gasteiger partial charge in [-0.2, -0.15) is 0 Å². The molecule has 17 heavy (non-hydrogen) atoms. The first-order valence-corrected chi connectivity index (χ1v) is 6.45. The van der Waals surface area contributed by atoms with E-state index in [9.17, 15) is 0 Å². The molecule has 0 aliphatic carbocycles. The average molecular weight is 233 g/mol. The van der Waals surface area contributed by atoms with Crippen LogP contribution in [0.5, 0.6) is 0 Å². The van der Waals surface area contributed by atoms with E-state index in [1.54, 1.807) is 0 Å². The van der Waals surface area contributed by atoms with Gasteiger partial charge in [-0.15, -0.1) is 0 Å². The van der Waals surface area contributed by atoms with E-state index in [0.717, 1.165) is 18.9 Å². The zero-order chi connectivity index (χ0) is 12.4. The maximum Gasteiger partial charge on any atom is 0.128 e. The predicted molar refractivity (Wildman–Crippen MR) is 72.6 cm³/mol. The Labute approximate surface area is 104 Å². The smallest absolute Gasteiger partial charge is 0.128 e. The molecule has 1 fully saturated rings. The van der Waals surface area contributed by atoms with Gasteiger partial charge >= 0.3 is 0 Å². The quantitative estimate of drug-likeness (QED) is 0.799. The molecule has 1 saturated heterocycles. The van der Waals surface area contributed by atoms with Crippen LogP contribution in [0.2, 0.25) is 0 Å². The van der Waals surface area contributed by atoms with Gasteiger partial charge in [-0.05, 0) is 38.1 Å². The van der Waals surface area contributed by atoms with Gasteiger partial charge < -0.3 is 9.80 Å². The summed E-state index contributed by atoms with van der Waals surface area (Å²) in [4.78, 5) is 9.27. The summed E-state index contributed by atoms with van der Waals surface area (Å²) in [5, 5.41) is 0. The minimum absolute atomic E-state index is 0.560. The molecule has 0 amide bonds. The van der Waals surface area contributed by atoms with Crippen LogP contribution in [0.4, 0.5) is 5.82 Å². The Morgan fingerprint density at radius 3 is 2.59 bits per heavy atom. The largest absolute Gasteiger partial charge is 0.355 e. The van der Waals surface area contributed by atoms with Crippen molar-refractivity contribution in [2.45, 2.75) is 32.2 Å². The summed E-state index contributed by atoms with van der Waals surface area (Å²) in [5.41, 5.74) is 1.32. The third-order valence-corrected chi connectivity index (χ3v) is 3.66. The van der Waals surface area contributed by atoms with Gasteiger partial charge in [0.25, 0.3) is 0 Å². The van der Waals surface area contributed by atoms with Crippen molar-refractivity contribution < 1.29 is 0 Å². The molecule has 0 radical (unpaired) electrons. The summed E-state index contributed by atoms with van der Waals surface area (Å²) in [6.07, 6.45) is 3.25. The van der Waals surface area contributed by atoms with Crippen LogP contribution in [0.25, 0.3) is 0 Å². The van der Waals surface area contributed by atoms with Crippen molar-refractivity contribution in [1.29, 1.82) is 0 Å². The third-order valence-electron chi connectivity index (χ3n) is 3.66. The van der Waals surface area contributed by atoms with Crippen LogP contribution in [0, 0.1) is 0 Å². The number of aromatic nitrogens is 1. The Balaban J connectivity index is 2.04.